The second kappa shape index (κ2) is 13.2. The van der Waals surface area contributed by atoms with Crippen LogP contribution in [-0.2, 0) is 18.3 Å². The Morgan fingerprint density at radius 3 is 2.63 bits per heavy atom. The second-order valence-electron chi connectivity index (χ2n) is 14.1. The number of carbonyl (C=O) groups is 1. The number of ether oxygens (including phenoxy) is 1. The Bertz CT molecular complexity index is 2320. The number of nitrogens with zero attached hydrogens (tertiary/aromatic N) is 5. The minimum absolute atomic E-state index is 0.0243. The lowest BCUT2D eigenvalue weighted by atomic mass is 9.88. The van der Waals surface area contributed by atoms with Crippen molar-refractivity contribution in [3.8, 4) is 28.3 Å². The van der Waals surface area contributed by atoms with Gasteiger partial charge >= 0.3 is 0 Å². The topological polar surface area (TPSA) is 114 Å². The van der Waals surface area contributed by atoms with Gasteiger partial charge in [0.2, 0.25) is 11.8 Å². The molecule has 3 aliphatic rings. The summed E-state index contributed by atoms with van der Waals surface area (Å²) < 4.78 is 34.8. The summed E-state index contributed by atoms with van der Waals surface area (Å²) in [6.07, 6.45) is 3.85. The van der Waals surface area contributed by atoms with Gasteiger partial charge in [-0.3, -0.25) is 14.5 Å². The summed E-state index contributed by atoms with van der Waals surface area (Å²) in [5.74, 6) is 0.757. The number of carbonyl (C=O) groups excluding carboxylic acids is 1. The Balaban J connectivity index is 1.13. The molecule has 1 aliphatic carbocycles. The first-order chi connectivity index (χ1) is 25.1. The summed E-state index contributed by atoms with van der Waals surface area (Å²) in [5.41, 5.74) is 5.61. The molecule has 1 spiro atoms. The van der Waals surface area contributed by atoms with E-state index in [1.165, 1.54) is 24.9 Å². The lowest BCUT2D eigenvalue weighted by molar-refractivity contribution is -0.125. The maximum Gasteiger partial charge on any atom is 0.280 e. The number of hydrogen-bond acceptors (Lipinski definition) is 8. The highest BCUT2D eigenvalue weighted by Gasteiger charge is 2.45. The molecule has 2 fully saturated rings. The van der Waals surface area contributed by atoms with Crippen LogP contribution in [0.4, 0.5) is 20.3 Å². The zero-order chi connectivity index (χ0) is 36.3. The zero-order valence-electron chi connectivity index (χ0n) is 29.1. The predicted molar refractivity (Wildman–Crippen MR) is 196 cm³/mol. The molecule has 2 N–H and O–H groups in total. The first-order valence-corrected chi connectivity index (χ1v) is 17.9. The molecule has 10 nitrogen and oxygen atoms in total. The van der Waals surface area contributed by atoms with Crippen molar-refractivity contribution in [2.75, 3.05) is 25.5 Å². The van der Waals surface area contributed by atoms with Crippen molar-refractivity contribution in [2.45, 2.75) is 63.5 Å². The molecule has 2 atom stereocenters. The number of nitrogens with one attached hydrogen (secondary N) is 2. The number of alkyl halides is 2. The maximum atomic E-state index is 13.8. The summed E-state index contributed by atoms with van der Waals surface area (Å²) in [6, 6.07) is 14.8. The van der Waals surface area contributed by atoms with Crippen LogP contribution in [0.15, 0.2) is 59.5 Å². The van der Waals surface area contributed by atoms with E-state index >= 15 is 0 Å². The van der Waals surface area contributed by atoms with Crippen LogP contribution in [0.1, 0.15) is 67.0 Å². The highest BCUT2D eigenvalue weighted by Crippen LogP contribution is 2.47. The van der Waals surface area contributed by atoms with E-state index in [0.717, 1.165) is 77.7 Å². The number of rotatable bonds is 7. The fourth-order valence-corrected chi connectivity index (χ4v) is 8.66. The van der Waals surface area contributed by atoms with Crippen molar-refractivity contribution in [2.24, 2.45) is 7.05 Å². The lowest BCUT2D eigenvalue weighted by Gasteiger charge is -2.35. The quantitative estimate of drug-likeness (QED) is 0.178. The van der Waals surface area contributed by atoms with Gasteiger partial charge in [0.1, 0.15) is 11.5 Å². The number of likely N-dealkylation sites (tertiary alicyclic amines) is 1. The number of aryl methyl sites for hydroxylation is 2. The first-order valence-electron chi connectivity index (χ1n) is 17.5. The molecule has 0 bridgehead atoms. The molecule has 13 heteroatoms. The molecule has 2 aliphatic heterocycles. The van der Waals surface area contributed by atoms with Crippen LogP contribution < -0.4 is 20.9 Å². The number of aromatic nitrogens is 4. The summed E-state index contributed by atoms with van der Waals surface area (Å²) >= 11 is 7.22. The van der Waals surface area contributed by atoms with Gasteiger partial charge in [-0.15, -0.1) is 0 Å². The number of halogens is 3. The molecule has 2 unspecified atom stereocenters. The normalized spacial score (nSPS) is 20.1. The minimum atomic E-state index is -2.83. The zero-order valence-corrected chi connectivity index (χ0v) is 29.9. The molecule has 2 aromatic carbocycles. The second-order valence-corrected chi connectivity index (χ2v) is 14.4. The summed E-state index contributed by atoms with van der Waals surface area (Å²) in [5, 5.41) is 11.4. The third-order valence-electron chi connectivity index (χ3n) is 10.9. The van der Waals surface area contributed by atoms with Gasteiger partial charge in [-0.1, -0.05) is 41.9 Å². The number of benzene rings is 2. The van der Waals surface area contributed by atoms with Gasteiger partial charge in [0, 0.05) is 60.4 Å². The molecule has 8 rings (SSSR count). The average molecular weight is 726 g/mol. The van der Waals surface area contributed by atoms with Crippen molar-refractivity contribution in [1.29, 1.82) is 0 Å². The van der Waals surface area contributed by atoms with E-state index in [1.54, 1.807) is 13.2 Å². The Morgan fingerprint density at radius 2 is 1.85 bits per heavy atom. The van der Waals surface area contributed by atoms with E-state index in [2.05, 4.69) is 31.7 Å². The van der Waals surface area contributed by atoms with Crippen molar-refractivity contribution in [3.05, 3.63) is 92.5 Å². The number of pyridine rings is 2. The van der Waals surface area contributed by atoms with E-state index in [9.17, 15) is 18.4 Å². The Morgan fingerprint density at radius 1 is 1.06 bits per heavy atom. The molecule has 268 valence electrons. The van der Waals surface area contributed by atoms with Crippen molar-refractivity contribution < 1.29 is 18.3 Å². The van der Waals surface area contributed by atoms with E-state index in [-0.39, 0.29) is 34.1 Å². The highest BCUT2D eigenvalue weighted by molar-refractivity contribution is 6.36. The van der Waals surface area contributed by atoms with Crippen LogP contribution in [0.2, 0.25) is 5.02 Å². The SMILES string of the molecule is COc1nc(-c2cccc(-c3cccc(Nc4nc(C(F)F)cc5cnn(C)c(=O)c45)c3C)c2Cl)cc2c1C(N1CCC3(CCCC(=O)N3)C1)CC2. The fraction of sp³-hybridized carbons (Fsp3) is 0.359. The van der Waals surface area contributed by atoms with E-state index < -0.39 is 17.7 Å². The number of amides is 1. The summed E-state index contributed by atoms with van der Waals surface area (Å²) in [4.78, 5) is 37.0. The molecule has 2 saturated heterocycles. The number of methoxy groups -OCH3 is 1. The highest BCUT2D eigenvalue weighted by atomic mass is 35.5. The van der Waals surface area contributed by atoms with Crippen LogP contribution in [-0.4, -0.2) is 56.3 Å². The minimum Gasteiger partial charge on any atom is -0.481 e. The van der Waals surface area contributed by atoms with Crippen LogP contribution in [0.3, 0.4) is 0 Å². The number of anilines is 2. The average Bonchev–Trinajstić information content (AvgIpc) is 3.74. The first kappa shape index (κ1) is 34.2. The van der Waals surface area contributed by atoms with Crippen molar-refractivity contribution >= 4 is 39.8 Å². The van der Waals surface area contributed by atoms with E-state index in [4.69, 9.17) is 21.3 Å². The monoisotopic (exact) mass is 725 g/mol. The van der Waals surface area contributed by atoms with Crippen LogP contribution in [0.5, 0.6) is 5.88 Å². The van der Waals surface area contributed by atoms with Crippen molar-refractivity contribution in [1.82, 2.24) is 30.0 Å². The van der Waals surface area contributed by atoms with Gasteiger partial charge in [-0.05, 0) is 73.9 Å². The van der Waals surface area contributed by atoms with Gasteiger partial charge < -0.3 is 15.4 Å². The molecule has 52 heavy (non-hydrogen) atoms. The molecule has 3 aromatic heterocycles. The van der Waals surface area contributed by atoms with Crippen LogP contribution in [0, 0.1) is 6.92 Å². The van der Waals surface area contributed by atoms with Gasteiger partial charge in [0.15, 0.2) is 0 Å². The molecule has 0 saturated carbocycles. The van der Waals surface area contributed by atoms with Gasteiger partial charge in [0.25, 0.3) is 12.0 Å². The Kier molecular flexibility index (Phi) is 8.70. The summed E-state index contributed by atoms with van der Waals surface area (Å²) in [6.45, 7) is 3.64. The molecule has 5 heterocycles. The van der Waals surface area contributed by atoms with Crippen LogP contribution >= 0.6 is 11.6 Å². The Hall–Kier alpha value is -4.94. The number of piperidine rings is 1. The lowest BCUT2D eigenvalue weighted by Crippen LogP contribution is -2.53. The van der Waals surface area contributed by atoms with Gasteiger partial charge in [0.05, 0.1) is 34.9 Å². The molecule has 5 aromatic rings. The maximum absolute atomic E-state index is 13.8. The van der Waals surface area contributed by atoms with Gasteiger partial charge in [-0.2, -0.15) is 5.10 Å². The van der Waals surface area contributed by atoms with Gasteiger partial charge in [-0.25, -0.2) is 23.4 Å². The Labute approximate surface area is 304 Å². The molecular weight excluding hydrogens is 688 g/mol. The third-order valence-corrected chi connectivity index (χ3v) is 11.3. The third kappa shape index (κ3) is 5.87. The van der Waals surface area contributed by atoms with Crippen molar-refractivity contribution in [3.63, 3.8) is 0 Å². The number of fused-ring (bicyclic) bond motifs is 2. The fourth-order valence-electron chi connectivity index (χ4n) is 8.33. The van der Waals surface area contributed by atoms with E-state index in [1.807, 2.05) is 37.3 Å². The number of hydrogen-bond donors (Lipinski definition) is 2. The van der Waals surface area contributed by atoms with E-state index in [0.29, 0.717) is 28.7 Å². The molecule has 1 amide bonds. The largest absolute Gasteiger partial charge is 0.481 e. The smallest absolute Gasteiger partial charge is 0.280 e. The predicted octanol–water partition coefficient (Wildman–Crippen LogP) is 7.44. The standard InChI is InChI=1S/C39H38ClF2N7O3/c1-21-24(7-5-10-27(21)44-36-33-23(18-29(45-36)35(41)42)19-43-48(2)38(33)51)25-8-4-9-26(34(25)40)28-17-22-12-13-30(32(22)37(46-28)52-3)49-16-15-39(20-49)14-6-11-31(50)47-39/h4-5,7-10,17-19,30,35H,6,11-16,20H2,1-3H3,(H,44,45)(H,47,50). The summed E-state index contributed by atoms with van der Waals surface area (Å²) in [7, 11) is 3.15. The molecule has 0 radical (unpaired) electrons. The molecular formula is C39H38ClF2N7O3. The van der Waals surface area contributed by atoms with Crippen LogP contribution in [0.25, 0.3) is 33.2 Å².